The number of amides is 1. The molecule has 160 valence electrons. The van der Waals surface area contributed by atoms with Crippen LogP contribution in [0, 0.1) is 0 Å². The summed E-state index contributed by atoms with van der Waals surface area (Å²) in [6.07, 6.45) is 2.39. The first kappa shape index (κ1) is 21.2. The van der Waals surface area contributed by atoms with Crippen molar-refractivity contribution in [3.05, 3.63) is 96.3 Å². The monoisotopic (exact) mass is 425 g/mol. The van der Waals surface area contributed by atoms with Crippen molar-refractivity contribution in [2.75, 3.05) is 0 Å². The fraction of sp³-hybridized carbons (Fsp3) is 0.154. The summed E-state index contributed by atoms with van der Waals surface area (Å²) in [5.74, 6) is -0.934. The van der Waals surface area contributed by atoms with Crippen LogP contribution in [-0.2, 0) is 9.53 Å². The van der Waals surface area contributed by atoms with Crippen LogP contribution in [0.3, 0.4) is 0 Å². The fourth-order valence-electron chi connectivity index (χ4n) is 3.45. The summed E-state index contributed by atoms with van der Waals surface area (Å²) < 4.78 is 5.54. The van der Waals surface area contributed by atoms with E-state index in [0.29, 0.717) is 22.2 Å². The van der Waals surface area contributed by atoms with E-state index in [0.717, 1.165) is 11.1 Å². The van der Waals surface area contributed by atoms with E-state index >= 15 is 0 Å². The molecule has 0 fully saturated rings. The van der Waals surface area contributed by atoms with Crippen LogP contribution in [0.1, 0.15) is 35.8 Å². The van der Waals surface area contributed by atoms with Gasteiger partial charge in [-0.05, 0) is 43.7 Å². The Morgan fingerprint density at radius 2 is 1.59 bits per heavy atom. The second-order valence-corrected chi connectivity index (χ2v) is 7.50. The van der Waals surface area contributed by atoms with Crippen LogP contribution in [0.25, 0.3) is 22.2 Å². The zero-order chi connectivity index (χ0) is 22.5. The van der Waals surface area contributed by atoms with Crippen molar-refractivity contribution in [2.24, 2.45) is 0 Å². The van der Waals surface area contributed by atoms with Crippen LogP contribution < -0.4 is 5.32 Å². The van der Waals surface area contributed by atoms with Crippen LogP contribution in [0.15, 0.2) is 85.2 Å². The lowest BCUT2D eigenvalue weighted by Gasteiger charge is -2.19. The Morgan fingerprint density at radius 1 is 0.906 bits per heavy atom. The number of para-hydroxylation sites is 1. The van der Waals surface area contributed by atoms with Crippen LogP contribution in [0.2, 0.25) is 0 Å². The van der Waals surface area contributed by atoms with Gasteiger partial charge in [0.25, 0.3) is 5.91 Å². The lowest BCUT2D eigenvalue weighted by Crippen LogP contribution is -2.37. The number of nitrogens with one attached hydrogen (secondary N) is 1. The quantitative estimate of drug-likeness (QED) is 0.452. The SMILES string of the molecule is C[C@@H](OC(=O)c1cc(-c2ccncc2)nc2ccccc12)C(=O)N[C@H](C)c1ccccc1. The van der Waals surface area contributed by atoms with E-state index in [1.807, 2.05) is 73.7 Å². The lowest BCUT2D eigenvalue weighted by atomic mass is 10.0. The van der Waals surface area contributed by atoms with Gasteiger partial charge in [0.05, 0.1) is 22.8 Å². The summed E-state index contributed by atoms with van der Waals surface area (Å²) in [4.78, 5) is 34.4. The molecule has 0 aliphatic heterocycles. The van der Waals surface area contributed by atoms with Gasteiger partial charge in [-0.1, -0.05) is 48.5 Å². The molecule has 0 aliphatic rings. The minimum absolute atomic E-state index is 0.204. The number of hydrogen-bond acceptors (Lipinski definition) is 5. The van der Waals surface area contributed by atoms with Crippen LogP contribution in [0.4, 0.5) is 0 Å². The van der Waals surface area contributed by atoms with E-state index in [1.165, 1.54) is 0 Å². The van der Waals surface area contributed by atoms with Crippen LogP contribution in [0.5, 0.6) is 0 Å². The minimum atomic E-state index is -0.954. The summed E-state index contributed by atoms with van der Waals surface area (Å²) in [5, 5.41) is 3.56. The molecule has 0 aliphatic carbocycles. The first-order valence-corrected chi connectivity index (χ1v) is 10.4. The summed E-state index contributed by atoms with van der Waals surface area (Å²) in [6, 6.07) is 22.1. The molecule has 4 rings (SSSR count). The Hall–Kier alpha value is -4.06. The Kier molecular flexibility index (Phi) is 6.22. The molecule has 0 spiro atoms. The van der Waals surface area contributed by atoms with Crippen LogP contribution >= 0.6 is 0 Å². The van der Waals surface area contributed by atoms with Crippen molar-refractivity contribution in [1.82, 2.24) is 15.3 Å². The first-order valence-electron chi connectivity index (χ1n) is 10.4. The third-order valence-corrected chi connectivity index (χ3v) is 5.22. The molecular formula is C26H23N3O3. The molecule has 0 bridgehead atoms. The van der Waals surface area contributed by atoms with E-state index in [-0.39, 0.29) is 11.9 Å². The maximum atomic E-state index is 13.1. The number of carbonyl (C=O) groups is 2. The van der Waals surface area contributed by atoms with Crippen molar-refractivity contribution in [1.29, 1.82) is 0 Å². The van der Waals surface area contributed by atoms with Gasteiger partial charge in [-0.2, -0.15) is 0 Å². The molecule has 0 unspecified atom stereocenters. The number of carbonyl (C=O) groups excluding carboxylic acids is 2. The van der Waals surface area contributed by atoms with Crippen molar-refractivity contribution >= 4 is 22.8 Å². The van der Waals surface area contributed by atoms with E-state index in [2.05, 4.69) is 15.3 Å². The highest BCUT2D eigenvalue weighted by atomic mass is 16.5. The molecule has 4 aromatic rings. The van der Waals surface area contributed by atoms with Crippen molar-refractivity contribution in [3.63, 3.8) is 0 Å². The molecule has 1 N–H and O–H groups in total. The predicted molar refractivity (Wildman–Crippen MR) is 123 cm³/mol. The van der Waals surface area contributed by atoms with Gasteiger partial charge in [0.15, 0.2) is 6.10 Å². The second-order valence-electron chi connectivity index (χ2n) is 7.50. The lowest BCUT2D eigenvalue weighted by molar-refractivity contribution is -0.129. The normalized spacial score (nSPS) is 12.7. The highest BCUT2D eigenvalue weighted by Crippen LogP contribution is 2.25. The summed E-state index contributed by atoms with van der Waals surface area (Å²) in [5.41, 5.74) is 3.47. The standard InChI is InChI=1S/C26H23N3O3/c1-17(19-8-4-3-5-9-19)28-25(30)18(2)32-26(31)22-16-24(20-12-14-27-15-13-20)29-23-11-7-6-10-21(22)23/h3-18H,1-2H3,(H,28,30)/t17-,18-/m1/s1. The highest BCUT2D eigenvalue weighted by Gasteiger charge is 2.23. The number of nitrogens with zero attached hydrogens (tertiary/aromatic N) is 2. The zero-order valence-corrected chi connectivity index (χ0v) is 17.9. The Bertz CT molecular complexity index is 1240. The predicted octanol–water partition coefficient (Wildman–Crippen LogP) is 4.72. The molecule has 0 saturated heterocycles. The van der Waals surface area contributed by atoms with Gasteiger partial charge in [-0.25, -0.2) is 9.78 Å². The van der Waals surface area contributed by atoms with Gasteiger partial charge in [0.2, 0.25) is 0 Å². The van der Waals surface area contributed by atoms with E-state index in [1.54, 1.807) is 25.4 Å². The number of rotatable bonds is 6. The number of ether oxygens (including phenoxy) is 1. The van der Waals surface area contributed by atoms with Gasteiger partial charge in [-0.3, -0.25) is 9.78 Å². The topological polar surface area (TPSA) is 81.2 Å². The van der Waals surface area contributed by atoms with Gasteiger partial charge in [0.1, 0.15) is 0 Å². The molecule has 2 atom stereocenters. The average Bonchev–Trinajstić information content (AvgIpc) is 2.84. The van der Waals surface area contributed by atoms with Gasteiger partial charge >= 0.3 is 5.97 Å². The zero-order valence-electron chi connectivity index (χ0n) is 17.9. The number of hydrogen-bond donors (Lipinski definition) is 1. The molecule has 0 radical (unpaired) electrons. The van der Waals surface area contributed by atoms with Gasteiger partial charge < -0.3 is 10.1 Å². The largest absolute Gasteiger partial charge is 0.449 e. The van der Waals surface area contributed by atoms with Crippen molar-refractivity contribution in [2.45, 2.75) is 26.0 Å². The Labute approximate surface area is 186 Å². The number of aromatic nitrogens is 2. The van der Waals surface area contributed by atoms with Crippen LogP contribution in [-0.4, -0.2) is 27.9 Å². The van der Waals surface area contributed by atoms with Crippen molar-refractivity contribution in [3.8, 4) is 11.3 Å². The van der Waals surface area contributed by atoms with Gasteiger partial charge in [0, 0.05) is 23.3 Å². The van der Waals surface area contributed by atoms with E-state index in [9.17, 15) is 9.59 Å². The van der Waals surface area contributed by atoms with Crippen molar-refractivity contribution < 1.29 is 14.3 Å². The average molecular weight is 425 g/mol. The first-order chi connectivity index (χ1) is 15.5. The Balaban J connectivity index is 1.56. The molecule has 32 heavy (non-hydrogen) atoms. The maximum Gasteiger partial charge on any atom is 0.339 e. The molecule has 0 saturated carbocycles. The van der Waals surface area contributed by atoms with Gasteiger partial charge in [-0.15, -0.1) is 0 Å². The second kappa shape index (κ2) is 9.39. The third-order valence-electron chi connectivity index (χ3n) is 5.22. The fourth-order valence-corrected chi connectivity index (χ4v) is 3.45. The number of esters is 1. The summed E-state index contributed by atoms with van der Waals surface area (Å²) in [6.45, 7) is 3.46. The number of fused-ring (bicyclic) bond motifs is 1. The molecule has 1 amide bonds. The molecular weight excluding hydrogens is 402 g/mol. The summed E-state index contributed by atoms with van der Waals surface area (Å²) >= 11 is 0. The smallest absolute Gasteiger partial charge is 0.339 e. The minimum Gasteiger partial charge on any atom is -0.449 e. The Morgan fingerprint density at radius 3 is 2.34 bits per heavy atom. The highest BCUT2D eigenvalue weighted by molar-refractivity contribution is 6.05. The number of pyridine rings is 2. The summed E-state index contributed by atoms with van der Waals surface area (Å²) in [7, 11) is 0. The maximum absolute atomic E-state index is 13.1. The van der Waals surface area contributed by atoms with E-state index in [4.69, 9.17) is 4.74 Å². The number of benzene rings is 2. The molecule has 2 aromatic heterocycles. The molecule has 6 heteroatoms. The third kappa shape index (κ3) is 4.64. The molecule has 2 aromatic carbocycles. The molecule has 2 heterocycles. The molecule has 6 nitrogen and oxygen atoms in total. The van der Waals surface area contributed by atoms with E-state index < -0.39 is 12.1 Å².